The minimum absolute atomic E-state index is 0.0902. The summed E-state index contributed by atoms with van der Waals surface area (Å²) in [5.41, 5.74) is 1.04. The number of methoxy groups -OCH3 is 1. The van der Waals surface area contributed by atoms with Gasteiger partial charge in [-0.3, -0.25) is 14.4 Å². The Labute approximate surface area is 177 Å². The smallest absolute Gasteiger partial charge is 0.321 e. The Kier molecular flexibility index (Phi) is 10.7. The third-order valence-electron chi connectivity index (χ3n) is 4.82. The van der Waals surface area contributed by atoms with Gasteiger partial charge < -0.3 is 24.4 Å². The quantitative estimate of drug-likeness (QED) is 0.247. The molecule has 0 aromatic heterocycles. The number of carbonyl (C=O) groups is 3. The molecule has 0 saturated carbocycles. The van der Waals surface area contributed by atoms with Gasteiger partial charge in [-0.05, 0) is 32.3 Å². The molecule has 0 spiro atoms. The van der Waals surface area contributed by atoms with E-state index >= 15 is 0 Å². The number of benzene rings is 1. The van der Waals surface area contributed by atoms with Crippen LogP contribution in [0, 0.1) is 5.92 Å². The standard InChI is InChI=1S/C22H32O8/c1-5-8-9-10-11-15-14(13-23)12-17(20(29-7-3)19(15)28-4)30-16(6-2)18(21(24)25)22(26)27/h12-13,16,18H,5-11H2,1-4H3,(H,24,25)(H,26,27). The van der Waals surface area contributed by atoms with Gasteiger partial charge in [0.1, 0.15) is 6.10 Å². The molecule has 0 fully saturated rings. The number of ether oxygens (including phenoxy) is 3. The van der Waals surface area contributed by atoms with Crippen LogP contribution in [0.2, 0.25) is 0 Å². The Balaban J connectivity index is 3.44. The molecule has 0 aliphatic heterocycles. The molecule has 0 heterocycles. The van der Waals surface area contributed by atoms with E-state index in [1.807, 2.05) is 0 Å². The summed E-state index contributed by atoms with van der Waals surface area (Å²) in [6.45, 7) is 5.79. The summed E-state index contributed by atoms with van der Waals surface area (Å²) < 4.78 is 17.0. The van der Waals surface area contributed by atoms with E-state index < -0.39 is 24.0 Å². The predicted molar refractivity (Wildman–Crippen MR) is 111 cm³/mol. The van der Waals surface area contributed by atoms with Crippen LogP contribution in [0.4, 0.5) is 0 Å². The Morgan fingerprint density at radius 1 is 1.07 bits per heavy atom. The zero-order valence-corrected chi connectivity index (χ0v) is 18.1. The van der Waals surface area contributed by atoms with E-state index in [9.17, 15) is 24.6 Å². The fourth-order valence-corrected chi connectivity index (χ4v) is 3.32. The average Bonchev–Trinajstić information content (AvgIpc) is 2.71. The van der Waals surface area contributed by atoms with Gasteiger partial charge >= 0.3 is 11.9 Å². The zero-order valence-electron chi connectivity index (χ0n) is 18.1. The van der Waals surface area contributed by atoms with Crippen LogP contribution in [-0.2, 0) is 16.0 Å². The monoisotopic (exact) mass is 424 g/mol. The molecule has 1 unspecified atom stereocenters. The first-order chi connectivity index (χ1) is 14.4. The maximum Gasteiger partial charge on any atom is 0.321 e. The molecule has 0 aliphatic rings. The lowest BCUT2D eigenvalue weighted by atomic mass is 9.98. The minimum Gasteiger partial charge on any atom is -0.492 e. The van der Waals surface area contributed by atoms with Crippen LogP contribution in [0.25, 0.3) is 0 Å². The maximum atomic E-state index is 11.8. The van der Waals surface area contributed by atoms with Crippen molar-refractivity contribution in [3.05, 3.63) is 17.2 Å². The highest BCUT2D eigenvalue weighted by molar-refractivity contribution is 5.93. The van der Waals surface area contributed by atoms with Crippen molar-refractivity contribution in [1.29, 1.82) is 0 Å². The Hall–Kier alpha value is -2.77. The predicted octanol–water partition coefficient (Wildman–Crippen LogP) is 3.97. The summed E-state index contributed by atoms with van der Waals surface area (Å²) in [6, 6.07) is 1.47. The van der Waals surface area contributed by atoms with Crippen LogP contribution in [0.15, 0.2) is 6.07 Å². The molecule has 0 aliphatic carbocycles. The van der Waals surface area contributed by atoms with Gasteiger partial charge in [-0.15, -0.1) is 0 Å². The lowest BCUT2D eigenvalue weighted by molar-refractivity contribution is -0.159. The summed E-state index contributed by atoms with van der Waals surface area (Å²) in [5, 5.41) is 18.6. The van der Waals surface area contributed by atoms with Crippen LogP contribution < -0.4 is 14.2 Å². The lowest BCUT2D eigenvalue weighted by Gasteiger charge is -2.25. The lowest BCUT2D eigenvalue weighted by Crippen LogP contribution is -2.38. The van der Waals surface area contributed by atoms with Gasteiger partial charge in [0.25, 0.3) is 0 Å². The highest BCUT2D eigenvalue weighted by atomic mass is 16.5. The number of hydrogen-bond donors (Lipinski definition) is 2. The number of carboxylic acids is 2. The van der Waals surface area contributed by atoms with E-state index in [2.05, 4.69) is 6.92 Å². The molecule has 1 aromatic carbocycles. The molecule has 1 atom stereocenters. The molecule has 0 radical (unpaired) electrons. The normalized spacial score (nSPS) is 11.8. The van der Waals surface area contributed by atoms with Gasteiger partial charge in [0, 0.05) is 11.1 Å². The summed E-state index contributed by atoms with van der Waals surface area (Å²) in [4.78, 5) is 34.7. The number of rotatable bonds is 15. The van der Waals surface area contributed by atoms with E-state index in [1.54, 1.807) is 13.8 Å². The molecule has 2 N–H and O–H groups in total. The van der Waals surface area contributed by atoms with E-state index in [0.29, 0.717) is 29.6 Å². The minimum atomic E-state index is -1.76. The van der Waals surface area contributed by atoms with Crippen LogP contribution in [0.1, 0.15) is 68.8 Å². The highest BCUT2D eigenvalue weighted by Gasteiger charge is 2.36. The van der Waals surface area contributed by atoms with Gasteiger partial charge in [0.15, 0.2) is 23.7 Å². The number of aliphatic carboxylic acids is 2. The molecular weight excluding hydrogens is 392 g/mol. The fourth-order valence-electron chi connectivity index (χ4n) is 3.32. The number of aldehydes is 1. The molecule has 168 valence electrons. The molecule has 0 saturated heterocycles. The third kappa shape index (κ3) is 6.37. The zero-order chi connectivity index (χ0) is 22.7. The topological polar surface area (TPSA) is 119 Å². The van der Waals surface area contributed by atoms with E-state index in [-0.39, 0.29) is 24.5 Å². The van der Waals surface area contributed by atoms with Gasteiger partial charge in [0.05, 0.1) is 13.7 Å². The van der Waals surface area contributed by atoms with E-state index in [4.69, 9.17) is 14.2 Å². The molecule has 1 aromatic rings. The summed E-state index contributed by atoms with van der Waals surface area (Å²) in [6.07, 6.45) is 4.33. The number of hydrogen-bond acceptors (Lipinski definition) is 6. The van der Waals surface area contributed by atoms with Crippen molar-refractivity contribution in [2.75, 3.05) is 13.7 Å². The average molecular weight is 424 g/mol. The van der Waals surface area contributed by atoms with Gasteiger partial charge in [-0.25, -0.2) is 0 Å². The number of unbranched alkanes of at least 4 members (excludes halogenated alkanes) is 3. The molecule has 8 nitrogen and oxygen atoms in total. The van der Waals surface area contributed by atoms with E-state index in [0.717, 1.165) is 25.7 Å². The van der Waals surface area contributed by atoms with Crippen molar-refractivity contribution >= 4 is 18.2 Å². The highest BCUT2D eigenvalue weighted by Crippen LogP contribution is 2.43. The molecule has 1 rings (SSSR count). The summed E-state index contributed by atoms with van der Waals surface area (Å²) in [5.74, 6) is -4.07. The summed E-state index contributed by atoms with van der Waals surface area (Å²) >= 11 is 0. The fraction of sp³-hybridized carbons (Fsp3) is 0.591. The van der Waals surface area contributed by atoms with E-state index in [1.165, 1.54) is 13.2 Å². The molecule has 8 heteroatoms. The molecular formula is C22H32O8. The summed E-state index contributed by atoms with van der Waals surface area (Å²) in [7, 11) is 1.46. The Bertz CT molecular complexity index is 714. The third-order valence-corrected chi connectivity index (χ3v) is 4.82. The Morgan fingerprint density at radius 3 is 2.20 bits per heavy atom. The van der Waals surface area contributed by atoms with Crippen molar-refractivity contribution in [3.8, 4) is 17.2 Å². The van der Waals surface area contributed by atoms with Crippen molar-refractivity contribution < 1.29 is 38.8 Å². The van der Waals surface area contributed by atoms with Crippen LogP contribution in [0.3, 0.4) is 0 Å². The van der Waals surface area contributed by atoms with Crippen molar-refractivity contribution in [3.63, 3.8) is 0 Å². The van der Waals surface area contributed by atoms with Crippen LogP contribution >= 0.6 is 0 Å². The first-order valence-corrected chi connectivity index (χ1v) is 10.3. The second-order valence-corrected chi connectivity index (χ2v) is 6.89. The van der Waals surface area contributed by atoms with Crippen LogP contribution in [-0.4, -0.2) is 48.3 Å². The largest absolute Gasteiger partial charge is 0.492 e. The van der Waals surface area contributed by atoms with Gasteiger partial charge in [0.2, 0.25) is 5.75 Å². The SMILES string of the molecule is CCCCCCc1c(C=O)cc(OC(CC)C(C(=O)O)C(=O)O)c(OCC)c1OC. The molecule has 30 heavy (non-hydrogen) atoms. The van der Waals surface area contributed by atoms with Crippen molar-refractivity contribution in [2.45, 2.75) is 65.4 Å². The molecule has 0 amide bonds. The molecule has 0 bridgehead atoms. The number of carboxylic acid groups (broad SMARTS) is 2. The van der Waals surface area contributed by atoms with Crippen molar-refractivity contribution in [2.24, 2.45) is 5.92 Å². The second kappa shape index (κ2) is 12.7. The second-order valence-electron chi connectivity index (χ2n) is 6.89. The number of carbonyl (C=O) groups excluding carboxylic acids is 1. The van der Waals surface area contributed by atoms with Gasteiger partial charge in [-0.1, -0.05) is 33.1 Å². The first kappa shape index (κ1) is 25.3. The van der Waals surface area contributed by atoms with Gasteiger partial charge in [-0.2, -0.15) is 0 Å². The first-order valence-electron chi connectivity index (χ1n) is 10.3. The van der Waals surface area contributed by atoms with Crippen LogP contribution in [0.5, 0.6) is 17.2 Å². The Morgan fingerprint density at radius 2 is 1.73 bits per heavy atom. The van der Waals surface area contributed by atoms with Crippen molar-refractivity contribution in [1.82, 2.24) is 0 Å². The maximum absolute atomic E-state index is 11.8.